The second-order valence-electron chi connectivity index (χ2n) is 2.90. The molecule has 13 heavy (non-hydrogen) atoms. The Morgan fingerprint density at radius 2 is 2.15 bits per heavy atom. The fourth-order valence-electron chi connectivity index (χ4n) is 0.910. The first-order valence-corrected chi connectivity index (χ1v) is 4.87. The van der Waals surface area contributed by atoms with E-state index in [2.05, 4.69) is 15.3 Å². The molecular weight excluding hydrogens is 186 g/mol. The summed E-state index contributed by atoms with van der Waals surface area (Å²) in [5.41, 5.74) is 1.94. The molecule has 0 amide bonds. The molecule has 0 aromatic carbocycles. The van der Waals surface area contributed by atoms with Crippen molar-refractivity contribution in [2.45, 2.75) is 20.3 Å². The minimum absolute atomic E-state index is 0.672. The van der Waals surface area contributed by atoms with Crippen LogP contribution in [-0.4, -0.2) is 22.4 Å². The van der Waals surface area contributed by atoms with Crippen molar-refractivity contribution in [1.82, 2.24) is 9.97 Å². The second-order valence-corrected chi connectivity index (χ2v) is 3.27. The van der Waals surface area contributed by atoms with Gasteiger partial charge in [-0.25, -0.2) is 4.98 Å². The summed E-state index contributed by atoms with van der Waals surface area (Å²) in [6.45, 7) is 4.75. The molecule has 0 aliphatic rings. The maximum atomic E-state index is 5.55. The summed E-state index contributed by atoms with van der Waals surface area (Å²) in [5.74, 6) is 1.50. The summed E-state index contributed by atoms with van der Waals surface area (Å²) in [4.78, 5) is 8.53. The Labute approximate surface area is 83.5 Å². The van der Waals surface area contributed by atoms with E-state index in [0.29, 0.717) is 5.88 Å². The fourth-order valence-corrected chi connectivity index (χ4v) is 1.04. The van der Waals surface area contributed by atoms with E-state index >= 15 is 0 Å². The van der Waals surface area contributed by atoms with Crippen molar-refractivity contribution in [1.29, 1.82) is 0 Å². The zero-order valence-electron chi connectivity index (χ0n) is 7.97. The van der Waals surface area contributed by atoms with E-state index in [-0.39, 0.29) is 0 Å². The average molecular weight is 200 g/mol. The number of nitrogens with zero attached hydrogens (tertiary/aromatic N) is 2. The van der Waals surface area contributed by atoms with Gasteiger partial charge in [0.25, 0.3) is 0 Å². The van der Waals surface area contributed by atoms with E-state index in [1.54, 1.807) is 6.20 Å². The third kappa shape index (κ3) is 3.19. The molecule has 3 nitrogen and oxygen atoms in total. The van der Waals surface area contributed by atoms with Crippen molar-refractivity contribution >= 4 is 17.4 Å². The summed E-state index contributed by atoms with van der Waals surface area (Å²) in [6, 6.07) is 0. The largest absolute Gasteiger partial charge is 0.369 e. The first kappa shape index (κ1) is 10.3. The van der Waals surface area contributed by atoms with Gasteiger partial charge in [0.1, 0.15) is 5.82 Å². The van der Waals surface area contributed by atoms with Crippen LogP contribution in [0.15, 0.2) is 6.20 Å². The van der Waals surface area contributed by atoms with Crippen molar-refractivity contribution in [2.75, 3.05) is 17.7 Å². The molecule has 0 saturated carbocycles. The smallest absolute Gasteiger partial charge is 0.144 e. The Morgan fingerprint density at radius 3 is 2.77 bits per heavy atom. The molecule has 0 aliphatic carbocycles. The van der Waals surface area contributed by atoms with Gasteiger partial charge in [0.15, 0.2) is 0 Å². The highest BCUT2D eigenvalue weighted by molar-refractivity contribution is 6.17. The molecule has 1 aromatic rings. The van der Waals surface area contributed by atoms with Crippen LogP contribution in [0.2, 0.25) is 0 Å². The van der Waals surface area contributed by atoms with Crippen LogP contribution in [0, 0.1) is 13.8 Å². The molecule has 4 heteroatoms. The zero-order chi connectivity index (χ0) is 9.68. The summed E-state index contributed by atoms with van der Waals surface area (Å²) in [5, 5.41) is 3.16. The minimum Gasteiger partial charge on any atom is -0.369 e. The van der Waals surface area contributed by atoms with Crippen LogP contribution >= 0.6 is 11.6 Å². The lowest BCUT2D eigenvalue weighted by molar-refractivity contribution is 0.956. The molecule has 1 N–H and O–H groups in total. The van der Waals surface area contributed by atoms with Crippen molar-refractivity contribution in [3.8, 4) is 0 Å². The molecule has 0 unspecified atom stereocenters. The van der Waals surface area contributed by atoms with Crippen molar-refractivity contribution < 1.29 is 0 Å². The predicted octanol–water partition coefficient (Wildman–Crippen LogP) is 2.13. The second kappa shape index (κ2) is 5.02. The van der Waals surface area contributed by atoms with E-state index in [1.807, 2.05) is 13.8 Å². The van der Waals surface area contributed by atoms with E-state index in [4.69, 9.17) is 11.6 Å². The summed E-state index contributed by atoms with van der Waals surface area (Å²) >= 11 is 5.55. The first-order chi connectivity index (χ1) is 6.24. The quantitative estimate of drug-likeness (QED) is 0.597. The monoisotopic (exact) mass is 199 g/mol. The van der Waals surface area contributed by atoms with Crippen LogP contribution in [0.5, 0.6) is 0 Å². The number of nitrogens with one attached hydrogen (secondary N) is 1. The number of aromatic nitrogens is 2. The Hall–Kier alpha value is -0.830. The third-order valence-corrected chi connectivity index (χ3v) is 2.08. The lowest BCUT2D eigenvalue weighted by Gasteiger charge is -2.05. The normalized spacial score (nSPS) is 10.1. The lowest BCUT2D eigenvalue weighted by atomic mass is 10.3. The molecule has 0 spiro atoms. The summed E-state index contributed by atoms with van der Waals surface area (Å²) < 4.78 is 0. The Kier molecular flexibility index (Phi) is 3.96. The van der Waals surface area contributed by atoms with Crippen LogP contribution in [0.4, 0.5) is 5.82 Å². The van der Waals surface area contributed by atoms with Crippen molar-refractivity contribution in [2.24, 2.45) is 0 Å². The van der Waals surface area contributed by atoms with Crippen LogP contribution in [0.1, 0.15) is 17.8 Å². The molecule has 72 valence electrons. The molecule has 0 aliphatic heterocycles. The van der Waals surface area contributed by atoms with E-state index in [1.165, 1.54) is 0 Å². The summed E-state index contributed by atoms with van der Waals surface area (Å²) in [7, 11) is 0. The molecule has 0 saturated heterocycles. The standard InChI is InChI=1S/C9H14ClN3/c1-7-8(2)13-9(6-12-7)11-5-3-4-10/h6H,3-5H2,1-2H3,(H,11,13). The zero-order valence-corrected chi connectivity index (χ0v) is 8.73. The van der Waals surface area contributed by atoms with E-state index in [0.717, 1.165) is 30.2 Å². The molecule has 1 aromatic heterocycles. The molecule has 1 rings (SSSR count). The van der Waals surface area contributed by atoms with Gasteiger partial charge in [-0.1, -0.05) is 0 Å². The van der Waals surface area contributed by atoms with Gasteiger partial charge in [0, 0.05) is 12.4 Å². The van der Waals surface area contributed by atoms with Crippen LogP contribution < -0.4 is 5.32 Å². The number of rotatable bonds is 4. The van der Waals surface area contributed by atoms with Gasteiger partial charge in [-0.3, -0.25) is 4.98 Å². The van der Waals surface area contributed by atoms with E-state index < -0.39 is 0 Å². The molecule has 1 heterocycles. The third-order valence-electron chi connectivity index (χ3n) is 1.81. The number of hydrogen-bond acceptors (Lipinski definition) is 3. The van der Waals surface area contributed by atoms with Gasteiger partial charge in [-0.15, -0.1) is 11.6 Å². The molecule has 0 bridgehead atoms. The van der Waals surface area contributed by atoms with Crippen LogP contribution in [-0.2, 0) is 0 Å². The molecule has 0 fully saturated rings. The van der Waals surface area contributed by atoms with E-state index in [9.17, 15) is 0 Å². The topological polar surface area (TPSA) is 37.8 Å². The van der Waals surface area contributed by atoms with Crippen LogP contribution in [0.25, 0.3) is 0 Å². The number of alkyl halides is 1. The maximum absolute atomic E-state index is 5.55. The number of halogens is 1. The Bertz CT molecular complexity index is 276. The number of aryl methyl sites for hydroxylation is 2. The SMILES string of the molecule is Cc1ncc(NCCCCl)nc1C. The highest BCUT2D eigenvalue weighted by Crippen LogP contribution is 2.05. The highest BCUT2D eigenvalue weighted by atomic mass is 35.5. The molecular formula is C9H14ClN3. The van der Waals surface area contributed by atoms with Crippen molar-refractivity contribution in [3.63, 3.8) is 0 Å². The lowest BCUT2D eigenvalue weighted by Crippen LogP contribution is -2.05. The Balaban J connectivity index is 2.53. The minimum atomic E-state index is 0.672. The van der Waals surface area contributed by atoms with Gasteiger partial charge >= 0.3 is 0 Å². The van der Waals surface area contributed by atoms with Gasteiger partial charge in [-0.2, -0.15) is 0 Å². The van der Waals surface area contributed by atoms with Gasteiger partial charge in [0.2, 0.25) is 0 Å². The summed E-state index contributed by atoms with van der Waals surface area (Å²) in [6.07, 6.45) is 2.69. The molecule has 0 radical (unpaired) electrons. The van der Waals surface area contributed by atoms with Gasteiger partial charge < -0.3 is 5.32 Å². The maximum Gasteiger partial charge on any atom is 0.144 e. The van der Waals surface area contributed by atoms with Crippen molar-refractivity contribution in [3.05, 3.63) is 17.6 Å². The molecule has 0 atom stereocenters. The predicted molar refractivity (Wildman–Crippen MR) is 55.3 cm³/mol. The Morgan fingerprint density at radius 1 is 1.38 bits per heavy atom. The number of anilines is 1. The van der Waals surface area contributed by atoms with Crippen LogP contribution in [0.3, 0.4) is 0 Å². The average Bonchev–Trinajstić information content (AvgIpc) is 2.12. The van der Waals surface area contributed by atoms with Gasteiger partial charge in [0.05, 0.1) is 17.6 Å². The first-order valence-electron chi connectivity index (χ1n) is 4.34. The fraction of sp³-hybridized carbons (Fsp3) is 0.556. The van der Waals surface area contributed by atoms with Gasteiger partial charge in [-0.05, 0) is 20.3 Å². The highest BCUT2D eigenvalue weighted by Gasteiger charge is 1.97. The number of hydrogen-bond donors (Lipinski definition) is 1.